The molecular formula is C58H106O11. The average molecular weight is 979 g/mol. The number of benzene rings is 1. The first-order chi connectivity index (χ1) is 34.0. The zero-order chi connectivity index (χ0) is 49.8. The molecule has 0 amide bonds. The van der Waals surface area contributed by atoms with Gasteiger partial charge in [0.25, 0.3) is 0 Å². The maximum absolute atomic E-state index is 12.5. The minimum Gasteiger partial charge on any atom is -0.465 e. The van der Waals surface area contributed by atoms with Crippen molar-refractivity contribution in [1.82, 2.24) is 0 Å². The number of hydrogen-bond acceptors (Lipinski definition) is 11. The zero-order valence-electron chi connectivity index (χ0n) is 45.0. The lowest BCUT2D eigenvalue weighted by Gasteiger charge is -2.18. The fourth-order valence-corrected chi connectivity index (χ4v) is 8.16. The molecule has 3 unspecified atom stereocenters. The summed E-state index contributed by atoms with van der Waals surface area (Å²) in [6.45, 7) is 17.0. The second-order valence-corrected chi connectivity index (χ2v) is 19.1. The fraction of sp³-hybridized carbons (Fsp3) is 0.862. The molecule has 404 valence electrons. The van der Waals surface area contributed by atoms with Gasteiger partial charge in [-0.15, -0.1) is 0 Å². The highest BCUT2D eigenvalue weighted by Gasteiger charge is 2.14. The highest BCUT2D eigenvalue weighted by atomic mass is 16.6. The molecule has 1 rings (SSSR count). The normalized spacial score (nSPS) is 12.9. The van der Waals surface area contributed by atoms with Crippen LogP contribution >= 0.6 is 0 Å². The molecule has 0 aliphatic rings. The van der Waals surface area contributed by atoms with E-state index < -0.39 is 0 Å². The molecule has 1 aromatic rings. The highest BCUT2D eigenvalue weighted by Crippen LogP contribution is 2.20. The van der Waals surface area contributed by atoms with E-state index in [2.05, 4.69) is 39.8 Å². The number of carbonyl (C=O) groups is 2. The number of rotatable bonds is 55. The molecule has 0 aliphatic heterocycles. The SMILES string of the molecule is CCCCCCC(CCCC)COC(=O)CCCCCCCOCC(COCCOCCOCCOCCOCc1ccccc1)OCCCCCCCC(=O)OCC(CCCC)CCCCCC. The van der Waals surface area contributed by atoms with E-state index in [1.807, 2.05) is 18.2 Å². The Morgan fingerprint density at radius 2 is 0.768 bits per heavy atom. The number of hydrogen-bond donors (Lipinski definition) is 0. The van der Waals surface area contributed by atoms with Gasteiger partial charge in [-0.2, -0.15) is 0 Å². The van der Waals surface area contributed by atoms with E-state index >= 15 is 0 Å². The Hall–Kier alpha value is -2.12. The fourth-order valence-electron chi connectivity index (χ4n) is 8.16. The first kappa shape index (κ1) is 64.9. The molecule has 0 N–H and O–H groups in total. The van der Waals surface area contributed by atoms with E-state index in [0.717, 1.165) is 82.6 Å². The van der Waals surface area contributed by atoms with E-state index in [1.165, 1.54) is 89.9 Å². The molecule has 69 heavy (non-hydrogen) atoms. The van der Waals surface area contributed by atoms with Gasteiger partial charge in [0.2, 0.25) is 0 Å². The van der Waals surface area contributed by atoms with Gasteiger partial charge in [0.05, 0.1) is 85.9 Å². The van der Waals surface area contributed by atoms with Crippen LogP contribution in [0.15, 0.2) is 30.3 Å². The van der Waals surface area contributed by atoms with Crippen molar-refractivity contribution in [2.75, 3.05) is 92.5 Å². The summed E-state index contributed by atoms with van der Waals surface area (Å²) in [7, 11) is 0. The van der Waals surface area contributed by atoms with Crippen LogP contribution in [0.4, 0.5) is 0 Å². The number of esters is 2. The lowest BCUT2D eigenvalue weighted by molar-refractivity contribution is -0.146. The lowest BCUT2D eigenvalue weighted by atomic mass is 9.96. The van der Waals surface area contributed by atoms with Crippen LogP contribution in [0.1, 0.15) is 213 Å². The lowest BCUT2D eigenvalue weighted by Crippen LogP contribution is -2.27. The summed E-state index contributed by atoms with van der Waals surface area (Å²) in [5.41, 5.74) is 1.16. The highest BCUT2D eigenvalue weighted by molar-refractivity contribution is 5.69. The number of carbonyl (C=O) groups excluding carboxylic acids is 2. The summed E-state index contributed by atoms with van der Waals surface area (Å²) in [6, 6.07) is 10.1. The standard InChI is InChI=1S/C58H106O11/c1-5-9-13-22-34-54(30-11-7-3)49-68-57(59)36-26-17-15-19-28-38-64-51-56(52-66-47-45-63-43-41-61-40-42-62-44-46-65-48-53-32-24-21-25-33-53)67-39-29-20-16-18-27-37-58(60)69-50-55(31-12-8-4)35-23-14-10-6-2/h21,24-25,32-33,54-56H,5-20,22-23,26-31,34-52H2,1-4H3. The maximum Gasteiger partial charge on any atom is 0.305 e. The molecule has 11 heteroatoms. The maximum atomic E-state index is 12.5. The molecular weight excluding hydrogens is 873 g/mol. The van der Waals surface area contributed by atoms with Gasteiger partial charge in [0.15, 0.2) is 0 Å². The molecule has 0 spiro atoms. The Morgan fingerprint density at radius 3 is 1.26 bits per heavy atom. The van der Waals surface area contributed by atoms with Crippen molar-refractivity contribution in [2.24, 2.45) is 11.8 Å². The first-order valence-electron chi connectivity index (χ1n) is 28.4. The second kappa shape index (κ2) is 52.2. The van der Waals surface area contributed by atoms with E-state index in [4.69, 9.17) is 42.6 Å². The molecule has 0 radical (unpaired) electrons. The molecule has 0 saturated carbocycles. The minimum absolute atomic E-state index is 0.0388. The average Bonchev–Trinajstić information content (AvgIpc) is 3.36. The summed E-state index contributed by atoms with van der Waals surface area (Å²) in [4.78, 5) is 24.9. The predicted octanol–water partition coefficient (Wildman–Crippen LogP) is 14.0. The van der Waals surface area contributed by atoms with Crippen LogP contribution in [0.5, 0.6) is 0 Å². The predicted molar refractivity (Wildman–Crippen MR) is 281 cm³/mol. The van der Waals surface area contributed by atoms with E-state index in [0.29, 0.717) is 124 Å². The molecule has 3 atom stereocenters. The Kier molecular flexibility index (Phi) is 49.1. The van der Waals surface area contributed by atoms with Crippen molar-refractivity contribution in [3.05, 3.63) is 35.9 Å². The quantitative estimate of drug-likeness (QED) is 0.0459. The topological polar surface area (TPSA) is 117 Å². The van der Waals surface area contributed by atoms with Crippen molar-refractivity contribution in [2.45, 2.75) is 220 Å². The third-order valence-corrected chi connectivity index (χ3v) is 12.6. The molecule has 0 fully saturated rings. The van der Waals surface area contributed by atoms with Crippen molar-refractivity contribution in [1.29, 1.82) is 0 Å². The van der Waals surface area contributed by atoms with Crippen LogP contribution in [-0.2, 0) is 58.8 Å². The molecule has 0 bridgehead atoms. The third kappa shape index (κ3) is 45.5. The van der Waals surface area contributed by atoms with Crippen LogP contribution in [-0.4, -0.2) is 111 Å². The molecule has 11 nitrogen and oxygen atoms in total. The van der Waals surface area contributed by atoms with Gasteiger partial charge in [0.1, 0.15) is 6.10 Å². The van der Waals surface area contributed by atoms with Gasteiger partial charge in [0, 0.05) is 26.1 Å². The second-order valence-electron chi connectivity index (χ2n) is 19.1. The van der Waals surface area contributed by atoms with Crippen molar-refractivity contribution < 1.29 is 52.2 Å². The Morgan fingerprint density at radius 1 is 0.377 bits per heavy atom. The van der Waals surface area contributed by atoms with Gasteiger partial charge in [-0.25, -0.2) is 0 Å². The Labute approximate surface area is 423 Å². The van der Waals surface area contributed by atoms with Gasteiger partial charge in [-0.1, -0.05) is 174 Å². The van der Waals surface area contributed by atoms with E-state index in [1.54, 1.807) is 0 Å². The Balaban J connectivity index is 2.27. The van der Waals surface area contributed by atoms with Gasteiger partial charge >= 0.3 is 11.9 Å². The molecule has 1 aromatic carbocycles. The van der Waals surface area contributed by atoms with Crippen LogP contribution in [0, 0.1) is 11.8 Å². The van der Waals surface area contributed by atoms with Crippen LogP contribution < -0.4 is 0 Å². The molecule has 0 saturated heterocycles. The minimum atomic E-state index is -0.149. The van der Waals surface area contributed by atoms with Gasteiger partial charge in [-0.05, 0) is 68.8 Å². The smallest absolute Gasteiger partial charge is 0.305 e. The monoisotopic (exact) mass is 979 g/mol. The van der Waals surface area contributed by atoms with Crippen molar-refractivity contribution in [3.63, 3.8) is 0 Å². The zero-order valence-corrected chi connectivity index (χ0v) is 45.0. The van der Waals surface area contributed by atoms with Gasteiger partial charge in [-0.3, -0.25) is 9.59 Å². The largest absolute Gasteiger partial charge is 0.465 e. The van der Waals surface area contributed by atoms with Crippen LogP contribution in [0.25, 0.3) is 0 Å². The molecule has 0 heterocycles. The third-order valence-electron chi connectivity index (χ3n) is 12.6. The number of ether oxygens (including phenoxy) is 9. The molecule has 0 aromatic heterocycles. The Bertz CT molecular complexity index is 1200. The molecule has 0 aliphatic carbocycles. The summed E-state index contributed by atoms with van der Waals surface area (Å²) in [5.74, 6) is 0.934. The number of unbranched alkanes of at least 4 members (excludes halogenated alkanes) is 16. The van der Waals surface area contributed by atoms with Crippen LogP contribution in [0.2, 0.25) is 0 Å². The summed E-state index contributed by atoms with van der Waals surface area (Å²) >= 11 is 0. The van der Waals surface area contributed by atoms with Crippen LogP contribution in [0.3, 0.4) is 0 Å². The van der Waals surface area contributed by atoms with E-state index in [9.17, 15) is 9.59 Å². The summed E-state index contributed by atoms with van der Waals surface area (Å²) in [5, 5.41) is 0. The van der Waals surface area contributed by atoms with Gasteiger partial charge < -0.3 is 42.6 Å². The summed E-state index contributed by atoms with van der Waals surface area (Å²) < 4.78 is 52.3. The van der Waals surface area contributed by atoms with Crippen molar-refractivity contribution in [3.8, 4) is 0 Å². The van der Waals surface area contributed by atoms with E-state index in [-0.39, 0.29) is 18.0 Å². The first-order valence-corrected chi connectivity index (χ1v) is 28.4. The summed E-state index contributed by atoms with van der Waals surface area (Å²) in [6.07, 6.45) is 30.5. The van der Waals surface area contributed by atoms with Crippen molar-refractivity contribution >= 4 is 11.9 Å².